The Balaban J connectivity index is 1.67. The van der Waals surface area contributed by atoms with Gasteiger partial charge in [-0.05, 0) is 25.0 Å². The van der Waals surface area contributed by atoms with E-state index in [9.17, 15) is 19.5 Å². The minimum absolute atomic E-state index is 0.0691. The summed E-state index contributed by atoms with van der Waals surface area (Å²) in [6.45, 7) is 1.67. The largest absolute Gasteiger partial charge is 0.391 e. The predicted octanol–water partition coefficient (Wildman–Crippen LogP) is 0.247. The van der Waals surface area contributed by atoms with E-state index in [0.29, 0.717) is 43.9 Å². The van der Waals surface area contributed by atoms with E-state index in [1.807, 2.05) is 0 Å². The number of amides is 4. The highest BCUT2D eigenvalue weighted by molar-refractivity contribution is 6.01. The smallest absolute Gasteiger partial charge is 0.324 e. The van der Waals surface area contributed by atoms with Crippen molar-refractivity contribution in [3.8, 4) is 0 Å². The van der Waals surface area contributed by atoms with Crippen molar-refractivity contribution in [3.05, 3.63) is 29.8 Å². The predicted molar refractivity (Wildman–Crippen MR) is 91.2 cm³/mol. The molecule has 1 atom stereocenters. The number of β-amino-alcohol motifs (C(OH)–C–C–N with tert-alkyl or cyclic N) is 1. The van der Waals surface area contributed by atoms with Crippen molar-refractivity contribution in [2.45, 2.75) is 18.9 Å². The standard InChI is InChI=1S/C17H22N4O4/c22-12-4-3-8-20(11-12)16(24)13-5-1-2-6-14(13)19-10-15(23)21-9-7-18-17(21)25/h1-2,5-6,12,19,22H,3-4,7-11H2,(H,18,25)/t12-/m1/s1. The Bertz CT molecular complexity index is 678. The Morgan fingerprint density at radius 1 is 1.28 bits per heavy atom. The van der Waals surface area contributed by atoms with Crippen LogP contribution in [-0.4, -0.2) is 71.6 Å². The molecule has 2 aliphatic heterocycles. The maximum atomic E-state index is 12.7. The summed E-state index contributed by atoms with van der Waals surface area (Å²) in [5, 5.41) is 15.3. The summed E-state index contributed by atoms with van der Waals surface area (Å²) in [4.78, 5) is 39.2. The lowest BCUT2D eigenvalue weighted by Crippen LogP contribution is -2.42. The average Bonchev–Trinajstić information content (AvgIpc) is 3.05. The number of imide groups is 1. The van der Waals surface area contributed by atoms with Gasteiger partial charge in [-0.3, -0.25) is 14.5 Å². The van der Waals surface area contributed by atoms with Crippen molar-refractivity contribution in [1.29, 1.82) is 0 Å². The minimum Gasteiger partial charge on any atom is -0.391 e. The molecule has 1 aromatic rings. The molecule has 0 aromatic heterocycles. The Morgan fingerprint density at radius 2 is 2.08 bits per heavy atom. The molecule has 25 heavy (non-hydrogen) atoms. The van der Waals surface area contributed by atoms with Crippen molar-refractivity contribution < 1.29 is 19.5 Å². The van der Waals surface area contributed by atoms with Crippen LogP contribution in [0.3, 0.4) is 0 Å². The summed E-state index contributed by atoms with van der Waals surface area (Å²) >= 11 is 0. The number of para-hydroxylation sites is 1. The van der Waals surface area contributed by atoms with E-state index in [1.54, 1.807) is 29.2 Å². The molecule has 4 amide bonds. The second kappa shape index (κ2) is 7.52. The lowest BCUT2D eigenvalue weighted by molar-refractivity contribution is -0.125. The van der Waals surface area contributed by atoms with Gasteiger partial charge in [-0.2, -0.15) is 0 Å². The van der Waals surface area contributed by atoms with Crippen LogP contribution in [0.5, 0.6) is 0 Å². The molecule has 2 heterocycles. The first kappa shape index (κ1) is 17.2. The lowest BCUT2D eigenvalue weighted by Gasteiger charge is -2.30. The number of nitrogens with zero attached hydrogens (tertiary/aromatic N) is 2. The zero-order chi connectivity index (χ0) is 17.8. The molecule has 2 fully saturated rings. The fraction of sp³-hybridized carbons (Fsp3) is 0.471. The Kier molecular flexibility index (Phi) is 5.18. The first-order chi connectivity index (χ1) is 12.1. The number of rotatable bonds is 4. The Labute approximate surface area is 145 Å². The van der Waals surface area contributed by atoms with E-state index in [-0.39, 0.29) is 18.4 Å². The summed E-state index contributed by atoms with van der Waals surface area (Å²) < 4.78 is 0. The normalized spacial score (nSPS) is 20.4. The van der Waals surface area contributed by atoms with Crippen LogP contribution in [-0.2, 0) is 4.79 Å². The van der Waals surface area contributed by atoms with Crippen LogP contribution in [0.25, 0.3) is 0 Å². The highest BCUT2D eigenvalue weighted by Crippen LogP contribution is 2.20. The van der Waals surface area contributed by atoms with Gasteiger partial charge in [0.1, 0.15) is 0 Å². The topological polar surface area (TPSA) is 102 Å². The molecule has 2 aliphatic rings. The van der Waals surface area contributed by atoms with Gasteiger partial charge in [0, 0.05) is 31.9 Å². The third-order valence-electron chi connectivity index (χ3n) is 4.43. The molecule has 1 aromatic carbocycles. The molecular formula is C17H22N4O4. The molecule has 0 unspecified atom stereocenters. The van der Waals surface area contributed by atoms with E-state index in [1.165, 1.54) is 0 Å². The van der Waals surface area contributed by atoms with Gasteiger partial charge in [-0.15, -0.1) is 0 Å². The van der Waals surface area contributed by atoms with Crippen molar-refractivity contribution in [1.82, 2.24) is 15.1 Å². The van der Waals surface area contributed by atoms with Gasteiger partial charge >= 0.3 is 6.03 Å². The molecule has 8 nitrogen and oxygen atoms in total. The first-order valence-corrected chi connectivity index (χ1v) is 8.44. The summed E-state index contributed by atoms with van der Waals surface area (Å²) in [7, 11) is 0. The molecule has 134 valence electrons. The van der Waals surface area contributed by atoms with Crippen LogP contribution >= 0.6 is 0 Å². The SMILES string of the molecule is O=C(c1ccccc1NCC(=O)N1CCNC1=O)N1CCC[C@@H](O)C1. The maximum Gasteiger partial charge on any atom is 0.324 e. The molecule has 0 spiro atoms. The molecule has 0 saturated carbocycles. The molecule has 0 aliphatic carbocycles. The van der Waals surface area contributed by atoms with Gasteiger partial charge < -0.3 is 20.6 Å². The van der Waals surface area contributed by atoms with Crippen LogP contribution in [0.4, 0.5) is 10.5 Å². The number of likely N-dealkylation sites (tertiary alicyclic amines) is 1. The maximum absolute atomic E-state index is 12.7. The van der Waals surface area contributed by atoms with Crippen molar-refractivity contribution >= 4 is 23.5 Å². The van der Waals surface area contributed by atoms with Gasteiger partial charge in [0.15, 0.2) is 0 Å². The number of urea groups is 1. The van der Waals surface area contributed by atoms with Crippen LogP contribution in [0.1, 0.15) is 23.2 Å². The second-order valence-corrected chi connectivity index (χ2v) is 6.22. The van der Waals surface area contributed by atoms with Crippen LogP contribution in [0.15, 0.2) is 24.3 Å². The number of benzene rings is 1. The van der Waals surface area contributed by atoms with Crippen LogP contribution in [0.2, 0.25) is 0 Å². The second-order valence-electron chi connectivity index (χ2n) is 6.22. The van der Waals surface area contributed by atoms with Crippen LogP contribution < -0.4 is 10.6 Å². The molecule has 8 heteroatoms. The third-order valence-corrected chi connectivity index (χ3v) is 4.43. The first-order valence-electron chi connectivity index (χ1n) is 8.44. The molecule has 0 bridgehead atoms. The number of piperidine rings is 1. The number of carbonyl (C=O) groups excluding carboxylic acids is 3. The number of aliphatic hydroxyl groups is 1. The monoisotopic (exact) mass is 346 g/mol. The van der Waals surface area contributed by atoms with Gasteiger partial charge in [0.25, 0.3) is 5.91 Å². The number of hydrogen-bond acceptors (Lipinski definition) is 5. The van der Waals surface area contributed by atoms with Crippen LogP contribution in [0, 0.1) is 0 Å². The van der Waals surface area contributed by atoms with E-state index in [4.69, 9.17) is 0 Å². The van der Waals surface area contributed by atoms with Crippen molar-refractivity contribution in [3.63, 3.8) is 0 Å². The fourth-order valence-corrected chi connectivity index (χ4v) is 3.11. The highest BCUT2D eigenvalue weighted by Gasteiger charge is 2.27. The molecule has 3 rings (SSSR count). The van der Waals surface area contributed by atoms with Crippen molar-refractivity contribution in [2.75, 3.05) is 38.0 Å². The van der Waals surface area contributed by atoms with E-state index < -0.39 is 12.1 Å². The summed E-state index contributed by atoms with van der Waals surface area (Å²) in [5.74, 6) is -0.515. The zero-order valence-corrected chi connectivity index (χ0v) is 13.9. The number of carbonyl (C=O) groups is 3. The summed E-state index contributed by atoms with van der Waals surface area (Å²) in [5.41, 5.74) is 0.996. The summed E-state index contributed by atoms with van der Waals surface area (Å²) in [6.07, 6.45) is 0.981. The van der Waals surface area contributed by atoms with Crippen molar-refractivity contribution in [2.24, 2.45) is 0 Å². The zero-order valence-electron chi connectivity index (χ0n) is 13.9. The molecule has 0 radical (unpaired) electrons. The minimum atomic E-state index is -0.493. The Hall–Kier alpha value is -2.61. The van der Waals surface area contributed by atoms with E-state index in [2.05, 4.69) is 10.6 Å². The lowest BCUT2D eigenvalue weighted by atomic mass is 10.1. The third kappa shape index (κ3) is 3.90. The van der Waals surface area contributed by atoms with Gasteiger partial charge in [-0.25, -0.2) is 4.79 Å². The van der Waals surface area contributed by atoms with Gasteiger partial charge in [0.2, 0.25) is 5.91 Å². The molecular weight excluding hydrogens is 324 g/mol. The molecule has 2 saturated heterocycles. The Morgan fingerprint density at radius 3 is 2.80 bits per heavy atom. The number of hydrogen-bond donors (Lipinski definition) is 3. The fourth-order valence-electron chi connectivity index (χ4n) is 3.11. The number of nitrogens with one attached hydrogen (secondary N) is 2. The average molecular weight is 346 g/mol. The quantitative estimate of drug-likeness (QED) is 0.725. The van der Waals surface area contributed by atoms with Gasteiger partial charge in [0.05, 0.1) is 18.2 Å². The number of anilines is 1. The van der Waals surface area contributed by atoms with Gasteiger partial charge in [-0.1, -0.05) is 12.1 Å². The van der Waals surface area contributed by atoms with E-state index in [0.717, 1.165) is 11.3 Å². The molecule has 3 N–H and O–H groups in total. The van der Waals surface area contributed by atoms with E-state index >= 15 is 0 Å². The summed E-state index contributed by atoms with van der Waals surface area (Å²) in [6, 6.07) is 6.56. The highest BCUT2D eigenvalue weighted by atomic mass is 16.3. The number of aliphatic hydroxyl groups excluding tert-OH is 1.